The van der Waals surface area contributed by atoms with Gasteiger partial charge >= 0.3 is 0 Å². The molecule has 286 valence electrons. The van der Waals surface area contributed by atoms with Crippen LogP contribution in [0.25, 0.3) is 93.6 Å². The maximum atomic E-state index is 6.80. The molecule has 0 saturated carbocycles. The lowest BCUT2D eigenvalue weighted by Crippen LogP contribution is -2.13. The molecule has 3 heteroatoms. The van der Waals surface area contributed by atoms with Gasteiger partial charge in [-0.2, -0.15) is 0 Å². The summed E-state index contributed by atoms with van der Waals surface area (Å²) >= 11 is 0. The topological polar surface area (TPSA) is 21.3 Å². The third-order valence-electron chi connectivity index (χ3n) is 12.2. The zero-order chi connectivity index (χ0) is 40.3. The summed E-state index contributed by atoms with van der Waals surface area (Å²) in [5, 5.41) is 7.02. The molecule has 0 amide bonds. The second kappa shape index (κ2) is 14.3. The van der Waals surface area contributed by atoms with Gasteiger partial charge in [-0.15, -0.1) is 0 Å². The van der Waals surface area contributed by atoms with E-state index in [0.717, 1.165) is 72.3 Å². The van der Waals surface area contributed by atoms with E-state index < -0.39 is 0 Å². The van der Waals surface area contributed by atoms with Crippen LogP contribution in [-0.2, 0) is 0 Å². The van der Waals surface area contributed by atoms with Crippen LogP contribution in [0.1, 0.15) is 0 Å². The van der Waals surface area contributed by atoms with Crippen molar-refractivity contribution in [2.24, 2.45) is 0 Å². The second-order valence-electron chi connectivity index (χ2n) is 15.7. The molecule has 2 heterocycles. The van der Waals surface area contributed by atoms with Crippen molar-refractivity contribution in [3.8, 4) is 39.1 Å². The van der Waals surface area contributed by atoms with E-state index in [1.807, 2.05) is 6.07 Å². The summed E-state index contributed by atoms with van der Waals surface area (Å²) in [7, 11) is 0. The molecule has 0 radical (unpaired) electrons. The molecule has 0 unspecified atom stereocenters. The van der Waals surface area contributed by atoms with Gasteiger partial charge in [-0.3, -0.25) is 0 Å². The third kappa shape index (κ3) is 5.74. The van der Waals surface area contributed by atoms with Crippen LogP contribution in [0.4, 0.5) is 17.1 Å². The number of nitrogens with zero attached hydrogens (tertiary/aromatic N) is 2. The summed E-state index contributed by atoms with van der Waals surface area (Å²) < 4.78 is 9.19. The first kappa shape index (κ1) is 34.9. The van der Waals surface area contributed by atoms with Crippen molar-refractivity contribution < 1.29 is 4.42 Å². The minimum atomic E-state index is 0.851. The van der Waals surface area contributed by atoms with Crippen molar-refractivity contribution >= 4 is 71.6 Å². The predicted octanol–water partition coefficient (Wildman–Crippen LogP) is 16.3. The van der Waals surface area contributed by atoms with Gasteiger partial charge in [0.25, 0.3) is 0 Å². The molecule has 0 aliphatic carbocycles. The van der Waals surface area contributed by atoms with E-state index in [0.29, 0.717) is 0 Å². The highest BCUT2D eigenvalue weighted by Crippen LogP contribution is 2.50. The van der Waals surface area contributed by atoms with Crippen LogP contribution in [0.15, 0.2) is 235 Å². The highest BCUT2D eigenvalue weighted by Gasteiger charge is 2.25. The highest BCUT2D eigenvalue weighted by atomic mass is 16.3. The average molecular weight is 779 g/mol. The third-order valence-corrected chi connectivity index (χ3v) is 12.2. The molecule has 2 aromatic heterocycles. The molecular formula is C58H38N2O. The van der Waals surface area contributed by atoms with Crippen LogP contribution in [0, 0.1) is 0 Å². The number of rotatable bonds is 7. The Bertz CT molecular complexity index is 3530. The number of hydrogen-bond donors (Lipinski definition) is 0. The zero-order valence-corrected chi connectivity index (χ0v) is 33.2. The Morgan fingerprint density at radius 2 is 0.951 bits per heavy atom. The molecule has 10 aromatic carbocycles. The Morgan fingerprint density at radius 1 is 0.377 bits per heavy atom. The monoisotopic (exact) mass is 778 g/mol. The summed E-state index contributed by atoms with van der Waals surface area (Å²) in [4.78, 5) is 2.42. The Morgan fingerprint density at radius 3 is 1.72 bits per heavy atom. The van der Waals surface area contributed by atoms with Crippen molar-refractivity contribution in [2.45, 2.75) is 0 Å². The lowest BCUT2D eigenvalue weighted by molar-refractivity contribution is 0.669. The van der Waals surface area contributed by atoms with Crippen molar-refractivity contribution in [1.29, 1.82) is 0 Å². The minimum absolute atomic E-state index is 0.851. The Hall–Kier alpha value is -8.14. The first-order chi connectivity index (χ1) is 30.3. The van der Waals surface area contributed by atoms with Crippen LogP contribution >= 0.6 is 0 Å². The molecule has 0 fully saturated rings. The average Bonchev–Trinajstić information content (AvgIpc) is 3.89. The van der Waals surface area contributed by atoms with Crippen LogP contribution in [-0.4, -0.2) is 4.57 Å². The number of furan rings is 1. The minimum Gasteiger partial charge on any atom is -0.454 e. The molecule has 3 nitrogen and oxygen atoms in total. The van der Waals surface area contributed by atoms with Crippen LogP contribution in [0.5, 0.6) is 0 Å². The van der Waals surface area contributed by atoms with E-state index in [9.17, 15) is 0 Å². The van der Waals surface area contributed by atoms with Gasteiger partial charge in [0.1, 0.15) is 5.58 Å². The molecule has 0 atom stereocenters. The summed E-state index contributed by atoms with van der Waals surface area (Å²) in [6.45, 7) is 0. The highest BCUT2D eigenvalue weighted by molar-refractivity contribution is 6.16. The lowest BCUT2D eigenvalue weighted by Gasteiger charge is -2.30. The molecule has 0 spiro atoms. The first-order valence-electron chi connectivity index (χ1n) is 20.8. The summed E-state index contributed by atoms with van der Waals surface area (Å²) in [6.07, 6.45) is 0. The van der Waals surface area contributed by atoms with Crippen molar-refractivity contribution in [3.05, 3.63) is 231 Å². The molecular weight excluding hydrogens is 741 g/mol. The Balaban J connectivity index is 1.08. The number of anilines is 3. The van der Waals surface area contributed by atoms with Gasteiger partial charge in [0.15, 0.2) is 5.58 Å². The number of benzene rings is 10. The normalized spacial score (nSPS) is 11.6. The van der Waals surface area contributed by atoms with E-state index in [1.54, 1.807) is 0 Å². The number of fused-ring (bicyclic) bond motifs is 7. The molecule has 12 rings (SSSR count). The molecule has 0 N–H and O–H groups in total. The van der Waals surface area contributed by atoms with Gasteiger partial charge < -0.3 is 13.9 Å². The first-order valence-corrected chi connectivity index (χ1v) is 20.8. The van der Waals surface area contributed by atoms with E-state index >= 15 is 0 Å². The maximum Gasteiger partial charge on any atom is 0.159 e. The SMILES string of the molecule is c1ccc(-c2cccc(-c3ccccc3)c2N(c2ccc3cc(-c4cccc5c4c4ccccc4n5-c4ccccc4)ccc3c2)c2cccc3c2oc2ccccc23)cc1. The van der Waals surface area contributed by atoms with Crippen LogP contribution in [0.2, 0.25) is 0 Å². The molecule has 0 bridgehead atoms. The van der Waals surface area contributed by atoms with Gasteiger partial charge in [-0.1, -0.05) is 176 Å². The second-order valence-corrected chi connectivity index (χ2v) is 15.7. The number of hydrogen-bond acceptors (Lipinski definition) is 2. The molecule has 0 aliphatic rings. The van der Waals surface area contributed by atoms with Crippen LogP contribution in [0.3, 0.4) is 0 Å². The van der Waals surface area contributed by atoms with Gasteiger partial charge in [0, 0.05) is 44.0 Å². The molecule has 0 aliphatic heterocycles. The lowest BCUT2D eigenvalue weighted by atomic mass is 9.93. The standard InChI is InChI=1S/C58H38N2O/c1-4-17-39(18-5-1)47-26-14-27-48(40-19-6-2-7-20-40)57(47)60(54-31-16-28-50-49-23-11-13-32-55(49)61-58(50)54)45-36-35-41-37-43(34-33-42(41)38-45)46-25-15-30-53-56(46)51-24-10-12-29-52(51)59(53)44-21-8-3-9-22-44/h1-38H. The smallest absolute Gasteiger partial charge is 0.159 e. The number of aromatic nitrogens is 1. The Kier molecular flexibility index (Phi) is 8.17. The summed E-state index contributed by atoms with van der Waals surface area (Å²) in [5.74, 6) is 0. The maximum absolute atomic E-state index is 6.80. The van der Waals surface area contributed by atoms with Gasteiger partial charge in [-0.05, 0) is 87.6 Å². The predicted molar refractivity (Wildman–Crippen MR) is 257 cm³/mol. The fraction of sp³-hybridized carbons (Fsp3) is 0. The largest absolute Gasteiger partial charge is 0.454 e. The molecule has 61 heavy (non-hydrogen) atoms. The van der Waals surface area contributed by atoms with Crippen molar-refractivity contribution in [3.63, 3.8) is 0 Å². The number of para-hydroxylation sites is 5. The van der Waals surface area contributed by atoms with Gasteiger partial charge in [0.05, 0.1) is 22.4 Å². The van der Waals surface area contributed by atoms with E-state index in [-0.39, 0.29) is 0 Å². The fourth-order valence-corrected chi connectivity index (χ4v) is 9.44. The summed E-state index contributed by atoms with van der Waals surface area (Å²) in [6, 6.07) is 82.9. The molecule has 12 aromatic rings. The fourth-order valence-electron chi connectivity index (χ4n) is 9.44. The van der Waals surface area contributed by atoms with E-state index in [1.165, 1.54) is 38.3 Å². The van der Waals surface area contributed by atoms with Crippen molar-refractivity contribution in [1.82, 2.24) is 4.57 Å². The molecule has 0 saturated heterocycles. The summed E-state index contributed by atoms with van der Waals surface area (Å²) in [5.41, 5.74) is 15.3. The van der Waals surface area contributed by atoms with Gasteiger partial charge in [0.2, 0.25) is 0 Å². The Labute approximate surface area is 353 Å². The van der Waals surface area contributed by atoms with Crippen molar-refractivity contribution in [2.75, 3.05) is 4.90 Å². The zero-order valence-electron chi connectivity index (χ0n) is 33.2. The van der Waals surface area contributed by atoms with E-state index in [2.05, 4.69) is 234 Å². The van der Waals surface area contributed by atoms with Gasteiger partial charge in [-0.25, -0.2) is 0 Å². The quantitative estimate of drug-likeness (QED) is 0.161. The van der Waals surface area contributed by atoms with Crippen LogP contribution < -0.4 is 4.90 Å². The van der Waals surface area contributed by atoms with E-state index in [4.69, 9.17) is 4.42 Å².